The van der Waals surface area contributed by atoms with Gasteiger partial charge in [0.15, 0.2) is 5.78 Å². The van der Waals surface area contributed by atoms with Gasteiger partial charge in [-0.05, 0) is 38.2 Å². The van der Waals surface area contributed by atoms with Gasteiger partial charge in [0, 0.05) is 12.0 Å². The zero-order chi connectivity index (χ0) is 16.3. The standard InChI is InChI=1S/C18H22O4/c1-4-22-17(21)18(12(2)11-13(3)19)10-9-14-7-5-6-8-15(14)16(18)20/h5-8,12H,4,9-11H2,1-3H3/t12-,18-/m0/s1. The second-order valence-electron chi connectivity index (χ2n) is 5.99. The molecule has 2 atom stereocenters. The van der Waals surface area contributed by atoms with Crippen LogP contribution in [0.1, 0.15) is 49.5 Å². The Labute approximate surface area is 130 Å². The molecule has 0 bridgehead atoms. The number of esters is 1. The molecule has 1 aliphatic carbocycles. The maximum Gasteiger partial charge on any atom is 0.320 e. The molecular formula is C18H22O4. The van der Waals surface area contributed by atoms with Crippen LogP contribution in [0.5, 0.6) is 0 Å². The Balaban J connectivity index is 2.49. The maximum absolute atomic E-state index is 13.1. The van der Waals surface area contributed by atoms with E-state index in [1.54, 1.807) is 26.0 Å². The molecule has 0 aromatic heterocycles. The van der Waals surface area contributed by atoms with Gasteiger partial charge in [0.05, 0.1) is 6.61 Å². The number of carbonyl (C=O) groups excluding carboxylic acids is 3. The lowest BCUT2D eigenvalue weighted by Crippen LogP contribution is -2.49. The van der Waals surface area contributed by atoms with E-state index < -0.39 is 11.4 Å². The van der Waals surface area contributed by atoms with Crippen LogP contribution < -0.4 is 0 Å². The number of Topliss-reactive ketones (excluding diaryl/α,β-unsaturated/α-hetero) is 2. The van der Waals surface area contributed by atoms with Crippen molar-refractivity contribution >= 4 is 17.5 Å². The van der Waals surface area contributed by atoms with E-state index in [0.717, 1.165) is 5.56 Å². The van der Waals surface area contributed by atoms with Gasteiger partial charge in [-0.3, -0.25) is 9.59 Å². The Hall–Kier alpha value is -1.97. The molecular weight excluding hydrogens is 280 g/mol. The van der Waals surface area contributed by atoms with E-state index in [2.05, 4.69) is 0 Å². The molecule has 4 heteroatoms. The van der Waals surface area contributed by atoms with Crippen molar-refractivity contribution in [3.05, 3.63) is 35.4 Å². The largest absolute Gasteiger partial charge is 0.465 e. The van der Waals surface area contributed by atoms with E-state index in [0.29, 0.717) is 18.4 Å². The molecule has 0 amide bonds. The lowest BCUT2D eigenvalue weighted by molar-refractivity contribution is -0.156. The van der Waals surface area contributed by atoms with Crippen LogP contribution in [0, 0.1) is 11.3 Å². The fraction of sp³-hybridized carbons (Fsp3) is 0.500. The van der Waals surface area contributed by atoms with Gasteiger partial charge in [0.25, 0.3) is 0 Å². The topological polar surface area (TPSA) is 60.4 Å². The zero-order valence-corrected chi connectivity index (χ0v) is 13.3. The quantitative estimate of drug-likeness (QED) is 0.619. The van der Waals surface area contributed by atoms with Crippen LogP contribution in [0.15, 0.2) is 24.3 Å². The first-order valence-corrected chi connectivity index (χ1v) is 7.72. The summed E-state index contributed by atoms with van der Waals surface area (Å²) in [5.74, 6) is -1.10. The summed E-state index contributed by atoms with van der Waals surface area (Å²) in [4.78, 5) is 37.2. The molecule has 0 unspecified atom stereocenters. The van der Waals surface area contributed by atoms with Crippen molar-refractivity contribution in [1.82, 2.24) is 0 Å². The van der Waals surface area contributed by atoms with Crippen LogP contribution in [0.25, 0.3) is 0 Å². The van der Waals surface area contributed by atoms with E-state index in [1.165, 1.54) is 6.92 Å². The van der Waals surface area contributed by atoms with Gasteiger partial charge in [0.1, 0.15) is 11.2 Å². The molecule has 0 heterocycles. The molecule has 1 aromatic carbocycles. The number of ketones is 2. The number of ether oxygens (including phenoxy) is 1. The van der Waals surface area contributed by atoms with Gasteiger partial charge < -0.3 is 9.53 Å². The molecule has 0 N–H and O–H groups in total. The van der Waals surface area contributed by atoms with Crippen molar-refractivity contribution < 1.29 is 19.1 Å². The zero-order valence-electron chi connectivity index (χ0n) is 13.3. The fourth-order valence-corrected chi connectivity index (χ4v) is 3.38. The minimum Gasteiger partial charge on any atom is -0.465 e. The van der Waals surface area contributed by atoms with Crippen LogP contribution >= 0.6 is 0 Å². The van der Waals surface area contributed by atoms with Crippen molar-refractivity contribution in [2.45, 2.75) is 40.0 Å². The summed E-state index contributed by atoms with van der Waals surface area (Å²) in [7, 11) is 0. The second-order valence-corrected chi connectivity index (χ2v) is 5.99. The number of hydrogen-bond donors (Lipinski definition) is 0. The van der Waals surface area contributed by atoms with Crippen molar-refractivity contribution in [2.75, 3.05) is 6.61 Å². The SMILES string of the molecule is CCOC(=O)[C@]1([C@@H](C)CC(C)=O)CCc2ccccc2C1=O. The predicted octanol–water partition coefficient (Wildman–Crippen LogP) is 2.98. The Kier molecular flexibility index (Phi) is 4.79. The smallest absolute Gasteiger partial charge is 0.320 e. The molecule has 0 spiro atoms. The lowest BCUT2D eigenvalue weighted by Gasteiger charge is -2.38. The summed E-state index contributed by atoms with van der Waals surface area (Å²) < 4.78 is 5.20. The van der Waals surface area contributed by atoms with Gasteiger partial charge in [-0.25, -0.2) is 0 Å². The average molecular weight is 302 g/mol. The number of hydrogen-bond acceptors (Lipinski definition) is 4. The minimum absolute atomic E-state index is 0.0252. The van der Waals surface area contributed by atoms with E-state index in [4.69, 9.17) is 4.74 Å². The molecule has 1 aliphatic rings. The fourth-order valence-electron chi connectivity index (χ4n) is 3.38. The average Bonchev–Trinajstić information content (AvgIpc) is 2.47. The van der Waals surface area contributed by atoms with Crippen molar-refractivity contribution in [3.63, 3.8) is 0 Å². The van der Waals surface area contributed by atoms with Gasteiger partial charge in [-0.1, -0.05) is 31.2 Å². The van der Waals surface area contributed by atoms with Crippen LogP contribution in [-0.4, -0.2) is 24.1 Å². The Bertz CT molecular complexity index is 605. The third-order valence-corrected chi connectivity index (χ3v) is 4.53. The Morgan fingerprint density at radius 3 is 2.64 bits per heavy atom. The van der Waals surface area contributed by atoms with E-state index >= 15 is 0 Å². The first-order valence-electron chi connectivity index (χ1n) is 7.72. The molecule has 2 rings (SSSR count). The third-order valence-electron chi connectivity index (χ3n) is 4.53. The molecule has 4 nitrogen and oxygen atoms in total. The highest BCUT2D eigenvalue weighted by atomic mass is 16.5. The molecule has 0 fully saturated rings. The highest BCUT2D eigenvalue weighted by molar-refractivity contribution is 6.14. The van der Waals surface area contributed by atoms with Crippen molar-refractivity contribution in [1.29, 1.82) is 0 Å². The van der Waals surface area contributed by atoms with Gasteiger partial charge in [0.2, 0.25) is 0 Å². The summed E-state index contributed by atoms with van der Waals surface area (Å²) in [5.41, 5.74) is 0.301. The predicted molar refractivity (Wildman–Crippen MR) is 82.6 cm³/mol. The van der Waals surface area contributed by atoms with Crippen LogP contribution in [0.3, 0.4) is 0 Å². The first kappa shape index (κ1) is 16.4. The highest BCUT2D eigenvalue weighted by Gasteiger charge is 2.53. The van der Waals surface area contributed by atoms with Gasteiger partial charge in [-0.15, -0.1) is 0 Å². The Morgan fingerprint density at radius 2 is 2.00 bits per heavy atom. The summed E-state index contributed by atoms with van der Waals surface area (Å²) in [6, 6.07) is 7.36. The van der Waals surface area contributed by atoms with Gasteiger partial charge in [-0.2, -0.15) is 0 Å². The van der Waals surface area contributed by atoms with Crippen LogP contribution in [0.4, 0.5) is 0 Å². The first-order chi connectivity index (χ1) is 10.4. The second kappa shape index (κ2) is 6.42. The van der Waals surface area contributed by atoms with Crippen LogP contribution in [-0.2, 0) is 20.7 Å². The van der Waals surface area contributed by atoms with E-state index in [9.17, 15) is 14.4 Å². The van der Waals surface area contributed by atoms with E-state index in [-0.39, 0.29) is 30.5 Å². The highest BCUT2D eigenvalue weighted by Crippen LogP contribution is 2.44. The molecule has 0 radical (unpaired) electrons. The lowest BCUT2D eigenvalue weighted by atomic mass is 9.62. The molecule has 0 saturated heterocycles. The van der Waals surface area contributed by atoms with Crippen molar-refractivity contribution in [3.8, 4) is 0 Å². The Morgan fingerprint density at radius 1 is 1.32 bits per heavy atom. The number of carbonyl (C=O) groups is 3. The van der Waals surface area contributed by atoms with Crippen LogP contribution in [0.2, 0.25) is 0 Å². The molecule has 0 aliphatic heterocycles. The number of rotatable bonds is 5. The third kappa shape index (κ3) is 2.70. The molecule has 118 valence electrons. The summed E-state index contributed by atoms with van der Waals surface area (Å²) >= 11 is 0. The molecule has 1 aromatic rings. The minimum atomic E-state index is -1.24. The number of aryl methyl sites for hydroxylation is 1. The maximum atomic E-state index is 13.1. The monoisotopic (exact) mass is 302 g/mol. The normalized spacial score (nSPS) is 21.9. The van der Waals surface area contributed by atoms with Crippen molar-refractivity contribution in [2.24, 2.45) is 11.3 Å². The van der Waals surface area contributed by atoms with E-state index in [1.807, 2.05) is 12.1 Å². The van der Waals surface area contributed by atoms with Gasteiger partial charge >= 0.3 is 5.97 Å². The summed E-state index contributed by atoms with van der Waals surface area (Å²) in [5, 5.41) is 0. The number of benzene rings is 1. The molecule has 22 heavy (non-hydrogen) atoms. The molecule has 0 saturated carbocycles. The summed E-state index contributed by atoms with van der Waals surface area (Å²) in [6.07, 6.45) is 1.24. The summed E-state index contributed by atoms with van der Waals surface area (Å²) in [6.45, 7) is 5.23. The number of fused-ring (bicyclic) bond motifs is 1.